The van der Waals surface area contributed by atoms with Crippen LogP contribution in [0.2, 0.25) is 0 Å². The third kappa shape index (κ3) is 2.13. The molecule has 3 rings (SSSR count). The van der Waals surface area contributed by atoms with E-state index in [9.17, 15) is 5.11 Å². The van der Waals surface area contributed by atoms with Gasteiger partial charge in [-0.2, -0.15) is 0 Å². The van der Waals surface area contributed by atoms with E-state index in [0.717, 1.165) is 22.7 Å². The van der Waals surface area contributed by atoms with Gasteiger partial charge >= 0.3 is 0 Å². The molecule has 0 bridgehead atoms. The van der Waals surface area contributed by atoms with Gasteiger partial charge in [-0.1, -0.05) is 0 Å². The quantitative estimate of drug-likeness (QED) is 0.932. The van der Waals surface area contributed by atoms with Crippen LogP contribution in [-0.4, -0.2) is 25.9 Å². The second-order valence-electron chi connectivity index (χ2n) is 4.86. The van der Waals surface area contributed by atoms with Gasteiger partial charge in [0.15, 0.2) is 0 Å². The SMILES string of the molecule is COc1ccc(N(C)C2COc3cc(O)ccc32)cc1. The minimum absolute atomic E-state index is 0.152. The average Bonchev–Trinajstić information content (AvgIpc) is 2.89. The largest absolute Gasteiger partial charge is 0.508 e. The third-order valence-electron chi connectivity index (χ3n) is 3.70. The van der Waals surface area contributed by atoms with Crippen molar-refractivity contribution in [1.82, 2.24) is 0 Å². The molecule has 0 aliphatic carbocycles. The lowest BCUT2D eigenvalue weighted by molar-refractivity contribution is 0.328. The van der Waals surface area contributed by atoms with E-state index >= 15 is 0 Å². The first-order valence-corrected chi connectivity index (χ1v) is 6.51. The molecule has 0 radical (unpaired) electrons. The van der Waals surface area contributed by atoms with Gasteiger partial charge in [0.25, 0.3) is 0 Å². The topological polar surface area (TPSA) is 41.9 Å². The first-order chi connectivity index (χ1) is 9.69. The summed E-state index contributed by atoms with van der Waals surface area (Å²) in [7, 11) is 3.70. The van der Waals surface area contributed by atoms with E-state index in [1.807, 2.05) is 37.4 Å². The highest BCUT2D eigenvalue weighted by Gasteiger charge is 2.28. The summed E-state index contributed by atoms with van der Waals surface area (Å²) in [6, 6.07) is 13.4. The smallest absolute Gasteiger partial charge is 0.128 e. The number of anilines is 1. The molecule has 2 aromatic rings. The lowest BCUT2D eigenvalue weighted by Gasteiger charge is -2.26. The van der Waals surface area contributed by atoms with Gasteiger partial charge in [0.1, 0.15) is 23.9 Å². The predicted octanol–water partition coefficient (Wildman–Crippen LogP) is 2.97. The molecule has 1 N–H and O–H groups in total. The summed E-state index contributed by atoms with van der Waals surface area (Å²) in [5, 5.41) is 9.49. The number of benzene rings is 2. The Bertz CT molecular complexity index is 610. The monoisotopic (exact) mass is 271 g/mol. The summed E-state index contributed by atoms with van der Waals surface area (Å²) in [5.41, 5.74) is 2.20. The van der Waals surface area contributed by atoms with Crippen LogP contribution in [0.4, 0.5) is 5.69 Å². The second kappa shape index (κ2) is 4.96. The fourth-order valence-corrected chi connectivity index (χ4v) is 2.50. The Labute approximate surface area is 118 Å². The van der Waals surface area contributed by atoms with Crippen LogP contribution < -0.4 is 14.4 Å². The maximum atomic E-state index is 9.49. The number of likely N-dealkylation sites (N-methyl/N-ethyl adjacent to an activating group) is 1. The molecule has 1 heterocycles. The zero-order valence-corrected chi connectivity index (χ0v) is 11.5. The summed E-state index contributed by atoms with van der Waals surface area (Å²) in [6.45, 7) is 0.585. The number of nitrogens with zero attached hydrogens (tertiary/aromatic N) is 1. The highest BCUT2D eigenvalue weighted by Crippen LogP contribution is 2.39. The van der Waals surface area contributed by atoms with Gasteiger partial charge in [-0.3, -0.25) is 0 Å². The van der Waals surface area contributed by atoms with Crippen LogP contribution in [-0.2, 0) is 0 Å². The van der Waals surface area contributed by atoms with E-state index in [1.165, 1.54) is 0 Å². The molecular formula is C16H17NO3. The van der Waals surface area contributed by atoms with Crippen LogP contribution in [0.3, 0.4) is 0 Å². The second-order valence-corrected chi connectivity index (χ2v) is 4.86. The number of rotatable bonds is 3. The van der Waals surface area contributed by atoms with Crippen LogP contribution in [0.25, 0.3) is 0 Å². The van der Waals surface area contributed by atoms with Gasteiger partial charge in [0.2, 0.25) is 0 Å². The fourth-order valence-electron chi connectivity index (χ4n) is 2.50. The van der Waals surface area contributed by atoms with Crippen LogP contribution >= 0.6 is 0 Å². The van der Waals surface area contributed by atoms with Gasteiger partial charge in [0.05, 0.1) is 13.2 Å². The predicted molar refractivity (Wildman–Crippen MR) is 77.7 cm³/mol. The van der Waals surface area contributed by atoms with E-state index in [-0.39, 0.29) is 11.8 Å². The lowest BCUT2D eigenvalue weighted by Crippen LogP contribution is -2.25. The van der Waals surface area contributed by atoms with E-state index in [1.54, 1.807) is 19.2 Å². The Morgan fingerprint density at radius 3 is 2.65 bits per heavy atom. The maximum absolute atomic E-state index is 9.49. The molecule has 1 atom stereocenters. The van der Waals surface area contributed by atoms with E-state index in [2.05, 4.69) is 4.90 Å². The van der Waals surface area contributed by atoms with Gasteiger partial charge < -0.3 is 19.5 Å². The molecule has 4 heteroatoms. The Hall–Kier alpha value is -2.36. The van der Waals surface area contributed by atoms with Crippen molar-refractivity contribution in [2.24, 2.45) is 0 Å². The molecular weight excluding hydrogens is 254 g/mol. The van der Waals surface area contributed by atoms with Crippen molar-refractivity contribution < 1.29 is 14.6 Å². The zero-order valence-electron chi connectivity index (χ0n) is 11.5. The van der Waals surface area contributed by atoms with Crippen LogP contribution in [0.5, 0.6) is 17.2 Å². The van der Waals surface area contributed by atoms with Gasteiger partial charge in [-0.15, -0.1) is 0 Å². The van der Waals surface area contributed by atoms with Crippen molar-refractivity contribution in [2.75, 3.05) is 25.7 Å². The summed E-state index contributed by atoms with van der Waals surface area (Å²) in [4.78, 5) is 2.17. The first kappa shape index (κ1) is 12.7. The van der Waals surface area contributed by atoms with Crippen molar-refractivity contribution >= 4 is 5.69 Å². The summed E-state index contributed by atoms with van der Waals surface area (Å²) in [5.74, 6) is 1.84. The van der Waals surface area contributed by atoms with Gasteiger partial charge in [0, 0.05) is 24.4 Å². The number of aromatic hydroxyl groups is 1. The molecule has 0 saturated heterocycles. The molecule has 2 aromatic carbocycles. The molecule has 1 unspecified atom stereocenters. The number of ether oxygens (including phenoxy) is 2. The Morgan fingerprint density at radius 1 is 1.20 bits per heavy atom. The van der Waals surface area contributed by atoms with Crippen molar-refractivity contribution in [3.63, 3.8) is 0 Å². The van der Waals surface area contributed by atoms with E-state index in [0.29, 0.717) is 6.61 Å². The van der Waals surface area contributed by atoms with Crippen molar-refractivity contribution in [3.8, 4) is 17.2 Å². The zero-order chi connectivity index (χ0) is 14.1. The summed E-state index contributed by atoms with van der Waals surface area (Å²) < 4.78 is 10.8. The van der Waals surface area contributed by atoms with Crippen LogP contribution in [0.1, 0.15) is 11.6 Å². The number of fused-ring (bicyclic) bond motifs is 1. The van der Waals surface area contributed by atoms with Crippen LogP contribution in [0.15, 0.2) is 42.5 Å². The number of phenols is 1. The standard InChI is InChI=1S/C16H17NO3/c1-17(11-3-6-13(19-2)7-4-11)15-10-20-16-9-12(18)5-8-14(15)16/h3-9,15,18H,10H2,1-2H3. The van der Waals surface area contributed by atoms with E-state index < -0.39 is 0 Å². The molecule has 20 heavy (non-hydrogen) atoms. The Kier molecular flexibility index (Phi) is 3.14. The van der Waals surface area contributed by atoms with E-state index in [4.69, 9.17) is 9.47 Å². The highest BCUT2D eigenvalue weighted by atomic mass is 16.5. The highest BCUT2D eigenvalue weighted by molar-refractivity contribution is 5.54. The van der Waals surface area contributed by atoms with Crippen molar-refractivity contribution in [2.45, 2.75) is 6.04 Å². The lowest BCUT2D eigenvalue weighted by atomic mass is 10.1. The van der Waals surface area contributed by atoms with Crippen LogP contribution in [0, 0.1) is 0 Å². The number of methoxy groups -OCH3 is 1. The molecule has 0 saturated carbocycles. The molecule has 0 spiro atoms. The fraction of sp³-hybridized carbons (Fsp3) is 0.250. The molecule has 4 nitrogen and oxygen atoms in total. The van der Waals surface area contributed by atoms with Gasteiger partial charge in [-0.25, -0.2) is 0 Å². The number of hydrogen-bond acceptors (Lipinski definition) is 4. The molecule has 0 aromatic heterocycles. The number of phenolic OH excluding ortho intramolecular Hbond substituents is 1. The first-order valence-electron chi connectivity index (χ1n) is 6.51. The molecule has 0 amide bonds. The van der Waals surface area contributed by atoms with Crippen molar-refractivity contribution in [1.29, 1.82) is 0 Å². The number of hydrogen-bond donors (Lipinski definition) is 1. The Morgan fingerprint density at radius 2 is 1.95 bits per heavy atom. The minimum Gasteiger partial charge on any atom is -0.508 e. The molecule has 0 fully saturated rings. The summed E-state index contributed by atoms with van der Waals surface area (Å²) in [6.07, 6.45) is 0. The summed E-state index contributed by atoms with van der Waals surface area (Å²) >= 11 is 0. The maximum Gasteiger partial charge on any atom is 0.128 e. The normalized spacial score (nSPS) is 16.4. The Balaban J connectivity index is 1.87. The molecule has 1 aliphatic rings. The minimum atomic E-state index is 0.152. The van der Waals surface area contributed by atoms with Crippen molar-refractivity contribution in [3.05, 3.63) is 48.0 Å². The molecule has 1 aliphatic heterocycles. The molecule has 104 valence electrons. The average molecular weight is 271 g/mol. The van der Waals surface area contributed by atoms with Gasteiger partial charge in [-0.05, 0) is 36.4 Å². The third-order valence-corrected chi connectivity index (χ3v) is 3.70.